The van der Waals surface area contributed by atoms with E-state index in [4.69, 9.17) is 9.47 Å². The SMILES string of the molecule is CCOc1cccc2c1O[C@@H](C(=O)[O-])C2. The van der Waals surface area contributed by atoms with Crippen LogP contribution >= 0.6 is 0 Å². The standard InChI is InChI=1S/C11H12O4/c1-2-14-8-5-3-4-7-6-9(11(12)13)15-10(7)8/h3-5,9H,2,6H2,1H3,(H,12,13)/p-1/t9-/m1/s1. The predicted octanol–water partition coefficient (Wildman–Crippen LogP) is 0.139. The van der Waals surface area contributed by atoms with Crippen LogP contribution in [0.2, 0.25) is 0 Å². The molecule has 0 saturated heterocycles. The highest BCUT2D eigenvalue weighted by Gasteiger charge is 2.26. The summed E-state index contributed by atoms with van der Waals surface area (Å²) in [7, 11) is 0. The molecule has 80 valence electrons. The molecule has 1 atom stereocenters. The molecule has 1 heterocycles. The number of benzene rings is 1. The first-order chi connectivity index (χ1) is 7.22. The maximum atomic E-state index is 10.7. The average Bonchev–Trinajstić information content (AvgIpc) is 2.63. The van der Waals surface area contributed by atoms with Crippen molar-refractivity contribution in [3.05, 3.63) is 23.8 Å². The molecule has 0 fully saturated rings. The molecule has 0 unspecified atom stereocenters. The van der Waals surface area contributed by atoms with Gasteiger partial charge in [-0.05, 0) is 13.0 Å². The number of carboxylic acids is 1. The minimum atomic E-state index is -1.19. The van der Waals surface area contributed by atoms with E-state index in [2.05, 4.69) is 0 Å². The molecule has 0 amide bonds. The van der Waals surface area contributed by atoms with Crippen LogP contribution in [-0.2, 0) is 11.2 Å². The topological polar surface area (TPSA) is 58.6 Å². The highest BCUT2D eigenvalue weighted by atomic mass is 16.5. The molecular formula is C11H11O4-. The smallest absolute Gasteiger partial charge is 0.165 e. The largest absolute Gasteiger partial charge is 0.546 e. The molecule has 1 aliphatic heterocycles. The van der Waals surface area contributed by atoms with E-state index < -0.39 is 12.1 Å². The zero-order valence-corrected chi connectivity index (χ0v) is 8.36. The molecule has 0 N–H and O–H groups in total. The lowest BCUT2D eigenvalue weighted by molar-refractivity contribution is -0.312. The number of aliphatic carboxylic acids is 1. The van der Waals surface area contributed by atoms with Crippen LogP contribution in [0, 0.1) is 0 Å². The molecule has 1 aromatic carbocycles. The van der Waals surface area contributed by atoms with Gasteiger partial charge in [-0.15, -0.1) is 0 Å². The van der Waals surface area contributed by atoms with Crippen LogP contribution in [0.25, 0.3) is 0 Å². The van der Waals surface area contributed by atoms with Gasteiger partial charge in [-0.2, -0.15) is 0 Å². The number of rotatable bonds is 3. The minimum absolute atomic E-state index is 0.346. The van der Waals surface area contributed by atoms with Crippen LogP contribution in [0.3, 0.4) is 0 Å². The summed E-state index contributed by atoms with van der Waals surface area (Å²) >= 11 is 0. The third-order valence-corrected chi connectivity index (χ3v) is 2.29. The summed E-state index contributed by atoms with van der Waals surface area (Å²) in [4.78, 5) is 10.7. The Bertz CT molecular complexity index is 386. The molecule has 0 aromatic heterocycles. The van der Waals surface area contributed by atoms with Crippen molar-refractivity contribution in [3.63, 3.8) is 0 Å². The van der Waals surface area contributed by atoms with Crippen LogP contribution in [0.4, 0.5) is 0 Å². The van der Waals surface area contributed by atoms with Crippen molar-refractivity contribution in [2.75, 3.05) is 6.61 Å². The van der Waals surface area contributed by atoms with Gasteiger partial charge in [0.25, 0.3) is 0 Å². The van der Waals surface area contributed by atoms with E-state index in [0.717, 1.165) is 5.56 Å². The number of ether oxygens (including phenoxy) is 2. The third-order valence-electron chi connectivity index (χ3n) is 2.29. The summed E-state index contributed by atoms with van der Waals surface area (Å²) in [5, 5.41) is 10.7. The van der Waals surface area contributed by atoms with Gasteiger partial charge in [0.1, 0.15) is 6.10 Å². The normalized spacial score (nSPS) is 18.1. The second-order valence-electron chi connectivity index (χ2n) is 3.31. The quantitative estimate of drug-likeness (QED) is 0.707. The summed E-state index contributed by atoms with van der Waals surface area (Å²) in [6, 6.07) is 5.42. The summed E-state index contributed by atoms with van der Waals surface area (Å²) in [5.41, 5.74) is 0.857. The molecule has 2 rings (SSSR count). The van der Waals surface area contributed by atoms with Gasteiger partial charge < -0.3 is 19.4 Å². The molecule has 0 bridgehead atoms. The highest BCUT2D eigenvalue weighted by Crippen LogP contribution is 2.37. The van der Waals surface area contributed by atoms with Crippen LogP contribution < -0.4 is 14.6 Å². The van der Waals surface area contributed by atoms with Gasteiger partial charge in [0, 0.05) is 12.0 Å². The number of hydrogen-bond acceptors (Lipinski definition) is 4. The Labute approximate surface area is 87.4 Å². The van der Waals surface area contributed by atoms with Gasteiger partial charge >= 0.3 is 0 Å². The second kappa shape index (κ2) is 3.81. The first kappa shape index (κ1) is 9.83. The lowest BCUT2D eigenvalue weighted by atomic mass is 10.1. The lowest BCUT2D eigenvalue weighted by Crippen LogP contribution is -2.38. The van der Waals surface area contributed by atoms with Crippen molar-refractivity contribution in [1.29, 1.82) is 0 Å². The highest BCUT2D eigenvalue weighted by molar-refractivity contribution is 5.73. The number of carbonyl (C=O) groups excluding carboxylic acids is 1. The monoisotopic (exact) mass is 207 g/mol. The van der Waals surface area contributed by atoms with Crippen molar-refractivity contribution in [2.45, 2.75) is 19.4 Å². The third kappa shape index (κ3) is 1.75. The fourth-order valence-electron chi connectivity index (χ4n) is 1.64. The van der Waals surface area contributed by atoms with Gasteiger partial charge in [0.2, 0.25) is 0 Å². The van der Waals surface area contributed by atoms with E-state index in [1.165, 1.54) is 0 Å². The number of carboxylic acid groups (broad SMARTS) is 1. The fraction of sp³-hybridized carbons (Fsp3) is 0.364. The maximum Gasteiger partial charge on any atom is 0.165 e. The van der Waals surface area contributed by atoms with Crippen molar-refractivity contribution in [3.8, 4) is 11.5 Å². The summed E-state index contributed by atoms with van der Waals surface area (Å²) < 4.78 is 10.6. The Kier molecular flexibility index (Phi) is 2.49. The number of hydrogen-bond donors (Lipinski definition) is 0. The predicted molar refractivity (Wildman–Crippen MR) is 50.7 cm³/mol. The van der Waals surface area contributed by atoms with E-state index in [0.29, 0.717) is 24.5 Å². The summed E-state index contributed by atoms with van der Waals surface area (Å²) in [6.45, 7) is 2.39. The van der Waals surface area contributed by atoms with E-state index in [1.54, 1.807) is 6.07 Å². The van der Waals surface area contributed by atoms with Gasteiger partial charge in [-0.25, -0.2) is 0 Å². The molecule has 4 heteroatoms. The first-order valence-corrected chi connectivity index (χ1v) is 4.84. The van der Waals surface area contributed by atoms with Crippen LogP contribution in [0.1, 0.15) is 12.5 Å². The Balaban J connectivity index is 2.28. The van der Waals surface area contributed by atoms with E-state index in [-0.39, 0.29) is 0 Å². The molecule has 0 spiro atoms. The molecule has 0 radical (unpaired) electrons. The minimum Gasteiger partial charge on any atom is -0.546 e. The van der Waals surface area contributed by atoms with Crippen molar-refractivity contribution in [1.82, 2.24) is 0 Å². The lowest BCUT2D eigenvalue weighted by Gasteiger charge is -2.12. The molecule has 1 aromatic rings. The van der Waals surface area contributed by atoms with Crippen molar-refractivity contribution in [2.24, 2.45) is 0 Å². The van der Waals surface area contributed by atoms with Crippen LogP contribution in [0.15, 0.2) is 18.2 Å². The molecule has 15 heavy (non-hydrogen) atoms. The van der Waals surface area contributed by atoms with Crippen molar-refractivity contribution >= 4 is 5.97 Å². The fourth-order valence-corrected chi connectivity index (χ4v) is 1.64. The number of fused-ring (bicyclic) bond motifs is 1. The number of carbonyl (C=O) groups is 1. The summed E-state index contributed by atoms with van der Waals surface area (Å²) in [6.07, 6.45) is -0.542. The Morgan fingerprint density at radius 1 is 1.67 bits per heavy atom. The van der Waals surface area contributed by atoms with Gasteiger partial charge in [-0.3, -0.25) is 0 Å². The number of para-hydroxylation sites is 1. The zero-order valence-electron chi connectivity index (χ0n) is 8.36. The van der Waals surface area contributed by atoms with Crippen LogP contribution in [-0.4, -0.2) is 18.7 Å². The first-order valence-electron chi connectivity index (χ1n) is 4.84. The van der Waals surface area contributed by atoms with E-state index >= 15 is 0 Å². The summed E-state index contributed by atoms with van der Waals surface area (Å²) in [5.74, 6) is -0.0547. The van der Waals surface area contributed by atoms with E-state index in [9.17, 15) is 9.90 Å². The van der Waals surface area contributed by atoms with Crippen molar-refractivity contribution < 1.29 is 19.4 Å². The zero-order chi connectivity index (χ0) is 10.8. The van der Waals surface area contributed by atoms with Crippen LogP contribution in [0.5, 0.6) is 11.5 Å². The second-order valence-corrected chi connectivity index (χ2v) is 3.31. The molecule has 4 nitrogen and oxygen atoms in total. The van der Waals surface area contributed by atoms with Gasteiger partial charge in [-0.1, -0.05) is 12.1 Å². The Morgan fingerprint density at radius 3 is 3.13 bits per heavy atom. The molecular weight excluding hydrogens is 196 g/mol. The molecule has 0 saturated carbocycles. The molecule has 0 aliphatic carbocycles. The molecule has 1 aliphatic rings. The average molecular weight is 207 g/mol. The maximum absolute atomic E-state index is 10.7. The van der Waals surface area contributed by atoms with Gasteiger partial charge in [0.15, 0.2) is 11.5 Å². The Morgan fingerprint density at radius 2 is 2.47 bits per heavy atom. The van der Waals surface area contributed by atoms with Gasteiger partial charge in [0.05, 0.1) is 12.6 Å². The van der Waals surface area contributed by atoms with E-state index in [1.807, 2.05) is 19.1 Å². The Hall–Kier alpha value is -1.71.